The topological polar surface area (TPSA) is 94.6 Å². The molecule has 1 aromatic heterocycles. The number of furan rings is 1. The van der Waals surface area contributed by atoms with Crippen LogP contribution in [-0.4, -0.2) is 15.5 Å². The third-order valence-electron chi connectivity index (χ3n) is 2.79. The van der Waals surface area contributed by atoms with E-state index >= 15 is 0 Å². The van der Waals surface area contributed by atoms with Crippen molar-refractivity contribution in [2.24, 2.45) is 0 Å². The van der Waals surface area contributed by atoms with Crippen LogP contribution in [0.3, 0.4) is 0 Å². The molecule has 0 amide bonds. The first-order valence-corrected chi connectivity index (χ1v) is 7.50. The molecule has 3 N–H and O–H groups in total. The Balaban J connectivity index is 2.23. The zero-order valence-corrected chi connectivity index (χ0v) is 12.3. The van der Waals surface area contributed by atoms with Crippen LogP contribution < -0.4 is 15.2 Å². The van der Waals surface area contributed by atoms with Gasteiger partial charge < -0.3 is 14.9 Å². The quantitative estimate of drug-likeness (QED) is 0.821. The number of aryl methyl sites for hydroxylation is 1. The number of anilines is 1. The standard InChI is InChI=1S/C13H15FN2O4S/c1-8-3-4-9(20-8)7-16-21(17,18)10-5-11(14)13(19-2)12(15)6-10/h3-6,16H,7,15H2,1-2H3. The third-order valence-corrected chi connectivity index (χ3v) is 4.17. The lowest BCUT2D eigenvalue weighted by molar-refractivity contribution is 0.388. The van der Waals surface area contributed by atoms with Crippen molar-refractivity contribution in [1.29, 1.82) is 0 Å². The largest absolute Gasteiger partial charge is 0.492 e. The van der Waals surface area contributed by atoms with E-state index in [1.165, 1.54) is 7.11 Å². The second kappa shape index (κ2) is 5.74. The molecule has 0 aliphatic carbocycles. The summed E-state index contributed by atoms with van der Waals surface area (Å²) in [5, 5.41) is 0. The summed E-state index contributed by atoms with van der Waals surface area (Å²) in [4.78, 5) is -0.276. The van der Waals surface area contributed by atoms with Crippen LogP contribution in [0, 0.1) is 12.7 Å². The summed E-state index contributed by atoms with van der Waals surface area (Å²) < 4.78 is 50.2. The number of sulfonamides is 1. The van der Waals surface area contributed by atoms with Gasteiger partial charge in [0.1, 0.15) is 11.5 Å². The maximum atomic E-state index is 13.7. The van der Waals surface area contributed by atoms with E-state index in [9.17, 15) is 12.8 Å². The average Bonchev–Trinajstić information content (AvgIpc) is 2.82. The van der Waals surface area contributed by atoms with Gasteiger partial charge in [-0.25, -0.2) is 17.5 Å². The van der Waals surface area contributed by atoms with Crippen molar-refractivity contribution in [2.45, 2.75) is 18.4 Å². The third kappa shape index (κ3) is 3.34. The fourth-order valence-electron chi connectivity index (χ4n) is 1.79. The van der Waals surface area contributed by atoms with E-state index in [1.807, 2.05) is 0 Å². The minimum Gasteiger partial charge on any atom is -0.492 e. The Hall–Kier alpha value is -2.06. The normalized spacial score (nSPS) is 11.6. The van der Waals surface area contributed by atoms with Crippen LogP contribution in [0.15, 0.2) is 33.6 Å². The maximum Gasteiger partial charge on any atom is 0.241 e. The molecule has 1 aromatic carbocycles. The summed E-state index contributed by atoms with van der Waals surface area (Å²) in [6.45, 7) is 1.71. The highest BCUT2D eigenvalue weighted by Gasteiger charge is 2.19. The summed E-state index contributed by atoms with van der Waals surface area (Å²) in [6, 6.07) is 5.36. The number of hydrogen-bond acceptors (Lipinski definition) is 5. The van der Waals surface area contributed by atoms with Gasteiger partial charge in [-0.3, -0.25) is 0 Å². The Bertz CT molecular complexity index is 732. The predicted molar refractivity (Wildman–Crippen MR) is 74.8 cm³/mol. The summed E-state index contributed by atoms with van der Waals surface area (Å²) in [7, 11) is -2.65. The molecule has 2 rings (SSSR count). The molecule has 0 bridgehead atoms. The molecule has 0 atom stereocenters. The van der Waals surface area contributed by atoms with Gasteiger partial charge in [0, 0.05) is 0 Å². The molecule has 0 saturated carbocycles. The molecule has 21 heavy (non-hydrogen) atoms. The molecule has 0 fully saturated rings. The lowest BCUT2D eigenvalue weighted by Gasteiger charge is -2.10. The Morgan fingerprint density at radius 1 is 1.38 bits per heavy atom. The average molecular weight is 314 g/mol. The zero-order chi connectivity index (χ0) is 15.6. The molecule has 114 valence electrons. The van der Waals surface area contributed by atoms with Gasteiger partial charge in [-0.05, 0) is 31.2 Å². The number of halogens is 1. The van der Waals surface area contributed by atoms with E-state index in [0.717, 1.165) is 12.1 Å². The Labute approximate surface area is 121 Å². The number of rotatable bonds is 5. The van der Waals surface area contributed by atoms with Crippen molar-refractivity contribution in [3.05, 3.63) is 41.6 Å². The molecule has 0 spiro atoms. The number of hydrogen-bond donors (Lipinski definition) is 2. The van der Waals surface area contributed by atoms with Gasteiger partial charge in [-0.1, -0.05) is 0 Å². The molecule has 0 aliphatic heterocycles. The van der Waals surface area contributed by atoms with E-state index in [0.29, 0.717) is 11.5 Å². The van der Waals surface area contributed by atoms with Gasteiger partial charge in [-0.2, -0.15) is 0 Å². The Kier molecular flexibility index (Phi) is 4.19. The van der Waals surface area contributed by atoms with Crippen LogP contribution in [0.2, 0.25) is 0 Å². The van der Waals surface area contributed by atoms with Crippen LogP contribution in [0.4, 0.5) is 10.1 Å². The van der Waals surface area contributed by atoms with Gasteiger partial charge >= 0.3 is 0 Å². The Morgan fingerprint density at radius 3 is 2.62 bits per heavy atom. The van der Waals surface area contributed by atoms with E-state index < -0.39 is 15.8 Å². The predicted octanol–water partition coefficient (Wildman–Crippen LogP) is 1.80. The van der Waals surface area contributed by atoms with Crippen molar-refractivity contribution in [3.63, 3.8) is 0 Å². The monoisotopic (exact) mass is 314 g/mol. The Morgan fingerprint density at radius 2 is 2.10 bits per heavy atom. The van der Waals surface area contributed by atoms with E-state index in [-0.39, 0.29) is 22.9 Å². The van der Waals surface area contributed by atoms with Crippen molar-refractivity contribution >= 4 is 15.7 Å². The molecule has 0 unspecified atom stereocenters. The molecular formula is C13H15FN2O4S. The van der Waals surface area contributed by atoms with Crippen molar-refractivity contribution < 1.29 is 22.0 Å². The summed E-state index contributed by atoms with van der Waals surface area (Å²) in [5.41, 5.74) is 5.47. The first kappa shape index (κ1) is 15.3. The van der Waals surface area contributed by atoms with E-state index in [2.05, 4.69) is 4.72 Å². The van der Waals surface area contributed by atoms with Crippen LogP contribution in [0.25, 0.3) is 0 Å². The van der Waals surface area contributed by atoms with E-state index in [1.54, 1.807) is 19.1 Å². The number of ether oxygens (including phenoxy) is 1. The number of nitrogen functional groups attached to an aromatic ring is 1. The van der Waals surface area contributed by atoms with Crippen LogP contribution in [0.1, 0.15) is 11.5 Å². The van der Waals surface area contributed by atoms with Crippen LogP contribution >= 0.6 is 0 Å². The molecular weight excluding hydrogens is 299 g/mol. The number of benzene rings is 1. The summed E-state index contributed by atoms with van der Waals surface area (Å²) in [6.07, 6.45) is 0. The molecule has 8 heteroatoms. The second-order valence-corrected chi connectivity index (χ2v) is 6.13. The highest BCUT2D eigenvalue weighted by molar-refractivity contribution is 7.89. The SMILES string of the molecule is COc1c(N)cc(S(=O)(=O)NCc2ccc(C)o2)cc1F. The minimum atomic E-state index is -3.90. The lowest BCUT2D eigenvalue weighted by atomic mass is 10.3. The second-order valence-electron chi connectivity index (χ2n) is 4.36. The van der Waals surface area contributed by atoms with Crippen LogP contribution in [0.5, 0.6) is 5.75 Å². The number of nitrogens with one attached hydrogen (secondary N) is 1. The van der Waals surface area contributed by atoms with Crippen molar-refractivity contribution in [1.82, 2.24) is 4.72 Å². The molecule has 6 nitrogen and oxygen atoms in total. The fourth-order valence-corrected chi connectivity index (χ4v) is 2.83. The van der Waals surface area contributed by atoms with E-state index in [4.69, 9.17) is 14.9 Å². The highest BCUT2D eigenvalue weighted by atomic mass is 32.2. The van der Waals surface area contributed by atoms with Gasteiger partial charge in [0.25, 0.3) is 0 Å². The smallest absolute Gasteiger partial charge is 0.241 e. The summed E-state index contributed by atoms with van der Waals surface area (Å²) in [5.74, 6) is 0.101. The maximum absolute atomic E-state index is 13.7. The molecule has 0 aliphatic rings. The first-order valence-electron chi connectivity index (χ1n) is 6.01. The molecule has 1 heterocycles. The molecule has 0 saturated heterocycles. The first-order chi connectivity index (χ1) is 9.83. The van der Waals surface area contributed by atoms with Crippen LogP contribution in [-0.2, 0) is 16.6 Å². The van der Waals surface area contributed by atoms with Gasteiger partial charge in [0.05, 0.1) is 24.2 Å². The van der Waals surface area contributed by atoms with Gasteiger partial charge in [-0.15, -0.1) is 0 Å². The highest BCUT2D eigenvalue weighted by Crippen LogP contribution is 2.28. The number of nitrogens with two attached hydrogens (primary N) is 1. The van der Waals surface area contributed by atoms with Crippen molar-refractivity contribution in [3.8, 4) is 5.75 Å². The van der Waals surface area contributed by atoms with Gasteiger partial charge in [0.2, 0.25) is 10.0 Å². The van der Waals surface area contributed by atoms with Gasteiger partial charge in [0.15, 0.2) is 11.6 Å². The zero-order valence-electron chi connectivity index (χ0n) is 11.5. The number of methoxy groups -OCH3 is 1. The minimum absolute atomic E-state index is 0.0380. The molecule has 2 aromatic rings. The summed E-state index contributed by atoms with van der Waals surface area (Å²) >= 11 is 0. The van der Waals surface area contributed by atoms with Crippen molar-refractivity contribution in [2.75, 3.05) is 12.8 Å². The lowest BCUT2D eigenvalue weighted by Crippen LogP contribution is -2.23. The molecule has 0 radical (unpaired) electrons. The fraction of sp³-hybridized carbons (Fsp3) is 0.231.